The topological polar surface area (TPSA) is 126 Å². The molecule has 0 aliphatic carbocycles. The van der Waals surface area contributed by atoms with Crippen LogP contribution in [0.1, 0.15) is 37.0 Å². The highest BCUT2D eigenvalue weighted by atomic mass is 32.1. The Kier molecular flexibility index (Phi) is 7.93. The van der Waals surface area contributed by atoms with Gasteiger partial charge < -0.3 is 15.4 Å². The Morgan fingerprint density at radius 3 is 2.77 bits per heavy atom. The molecule has 1 aliphatic rings. The second-order valence-electron chi connectivity index (χ2n) is 7.28. The fourth-order valence-corrected chi connectivity index (χ4v) is 4.77. The molecule has 0 saturated carbocycles. The fourth-order valence-electron chi connectivity index (χ4n) is 3.00. The minimum absolute atomic E-state index is 0.0441. The molecule has 3 heterocycles. The van der Waals surface area contributed by atoms with Crippen LogP contribution in [0.4, 0.5) is 15.1 Å². The summed E-state index contributed by atoms with van der Waals surface area (Å²) in [5, 5.41) is 11.1. The van der Waals surface area contributed by atoms with Crippen LogP contribution in [0.25, 0.3) is 0 Å². The molecule has 168 valence electrons. The Balaban J connectivity index is 1.49. The van der Waals surface area contributed by atoms with Crippen LogP contribution >= 0.6 is 22.7 Å². The normalized spacial score (nSPS) is 13.5. The third kappa shape index (κ3) is 6.97. The Labute approximate surface area is 188 Å². The van der Waals surface area contributed by atoms with Crippen LogP contribution in [0.5, 0.6) is 0 Å². The molecule has 0 saturated heterocycles. The predicted molar refractivity (Wildman–Crippen MR) is 119 cm³/mol. The van der Waals surface area contributed by atoms with E-state index in [0.717, 1.165) is 10.6 Å². The molecule has 0 fully saturated rings. The van der Waals surface area contributed by atoms with Gasteiger partial charge in [0.05, 0.1) is 31.0 Å². The van der Waals surface area contributed by atoms with Crippen molar-refractivity contribution in [2.45, 2.75) is 46.2 Å². The molecule has 3 amide bonds. The standard InChI is InChI=1S/C19H26N6O4S2/c1-4-29-16(27)7-12-10-30-18(21-12)23-15(26)9-25-6-5-13-14(8-25)31-19(22-13)24-17(28)20-11(2)3/h10-11H,4-9H2,1-3H3,(H,21,23,26)(H2,20,22,24,28). The van der Waals surface area contributed by atoms with E-state index in [1.807, 2.05) is 18.7 Å². The van der Waals surface area contributed by atoms with Crippen LogP contribution in [0.15, 0.2) is 5.38 Å². The number of urea groups is 1. The Bertz CT molecular complexity index is 942. The van der Waals surface area contributed by atoms with Crippen LogP contribution in [0, 0.1) is 0 Å². The molecule has 0 radical (unpaired) electrons. The van der Waals surface area contributed by atoms with Gasteiger partial charge in [-0.3, -0.25) is 19.8 Å². The molecule has 3 rings (SSSR count). The minimum Gasteiger partial charge on any atom is -0.466 e. The molecule has 31 heavy (non-hydrogen) atoms. The number of carbonyl (C=O) groups excluding carboxylic acids is 3. The monoisotopic (exact) mass is 466 g/mol. The highest BCUT2D eigenvalue weighted by molar-refractivity contribution is 7.15. The number of fused-ring (bicyclic) bond motifs is 1. The SMILES string of the molecule is CCOC(=O)Cc1csc(NC(=O)CN2CCc3nc(NC(=O)NC(C)C)sc3C2)n1. The number of nitrogens with zero attached hydrogens (tertiary/aromatic N) is 3. The Hall–Kier alpha value is -2.57. The predicted octanol–water partition coefficient (Wildman–Crippen LogP) is 2.23. The molecule has 3 N–H and O–H groups in total. The molecular weight excluding hydrogens is 440 g/mol. The number of esters is 1. The van der Waals surface area contributed by atoms with Gasteiger partial charge in [0, 0.05) is 35.8 Å². The van der Waals surface area contributed by atoms with Crippen LogP contribution in [-0.2, 0) is 33.7 Å². The minimum atomic E-state index is -0.338. The molecule has 2 aromatic heterocycles. The number of aromatic nitrogens is 2. The summed E-state index contributed by atoms with van der Waals surface area (Å²) in [7, 11) is 0. The summed E-state index contributed by atoms with van der Waals surface area (Å²) in [5.41, 5.74) is 1.54. The number of hydrogen-bond acceptors (Lipinski definition) is 9. The third-order valence-corrected chi connectivity index (χ3v) is 6.05. The first-order valence-electron chi connectivity index (χ1n) is 10.0. The van der Waals surface area contributed by atoms with E-state index in [1.54, 1.807) is 12.3 Å². The molecule has 2 aromatic rings. The van der Waals surface area contributed by atoms with Crippen molar-refractivity contribution in [1.29, 1.82) is 0 Å². The molecule has 0 unspecified atom stereocenters. The highest BCUT2D eigenvalue weighted by Crippen LogP contribution is 2.28. The molecule has 12 heteroatoms. The Morgan fingerprint density at radius 2 is 2.03 bits per heavy atom. The van der Waals surface area contributed by atoms with Crippen molar-refractivity contribution in [3.05, 3.63) is 21.6 Å². The summed E-state index contributed by atoms with van der Waals surface area (Å²) in [4.78, 5) is 47.7. The maximum Gasteiger partial charge on any atom is 0.321 e. The van der Waals surface area contributed by atoms with Crippen molar-refractivity contribution >= 4 is 50.8 Å². The van der Waals surface area contributed by atoms with E-state index in [2.05, 4.69) is 25.9 Å². The van der Waals surface area contributed by atoms with Crippen molar-refractivity contribution < 1.29 is 19.1 Å². The lowest BCUT2D eigenvalue weighted by molar-refractivity contribution is -0.142. The number of nitrogens with one attached hydrogen (secondary N) is 3. The molecule has 0 bridgehead atoms. The van der Waals surface area contributed by atoms with Gasteiger partial charge in [-0.25, -0.2) is 14.8 Å². The van der Waals surface area contributed by atoms with Crippen molar-refractivity contribution in [2.75, 3.05) is 30.3 Å². The summed E-state index contributed by atoms with van der Waals surface area (Å²) in [6.45, 7) is 7.38. The maximum absolute atomic E-state index is 12.4. The average molecular weight is 467 g/mol. The number of thiazole rings is 2. The van der Waals surface area contributed by atoms with Gasteiger partial charge in [-0.15, -0.1) is 22.7 Å². The fraction of sp³-hybridized carbons (Fsp3) is 0.526. The average Bonchev–Trinajstić information content (AvgIpc) is 3.26. The first kappa shape index (κ1) is 23.1. The van der Waals surface area contributed by atoms with Crippen LogP contribution in [-0.4, -0.2) is 58.5 Å². The van der Waals surface area contributed by atoms with Gasteiger partial charge in [0.15, 0.2) is 10.3 Å². The number of rotatable bonds is 8. The zero-order valence-electron chi connectivity index (χ0n) is 17.7. The van der Waals surface area contributed by atoms with E-state index in [-0.39, 0.29) is 36.9 Å². The second-order valence-corrected chi connectivity index (χ2v) is 9.22. The van der Waals surface area contributed by atoms with E-state index in [0.29, 0.717) is 42.1 Å². The summed E-state index contributed by atoms with van der Waals surface area (Å²) < 4.78 is 4.91. The Morgan fingerprint density at radius 1 is 1.23 bits per heavy atom. The molecule has 1 aliphatic heterocycles. The van der Waals surface area contributed by atoms with Crippen molar-refractivity contribution in [3.8, 4) is 0 Å². The third-order valence-electron chi connectivity index (χ3n) is 4.25. The van der Waals surface area contributed by atoms with Gasteiger partial charge in [-0.1, -0.05) is 0 Å². The van der Waals surface area contributed by atoms with E-state index < -0.39 is 0 Å². The lowest BCUT2D eigenvalue weighted by Gasteiger charge is -2.24. The van der Waals surface area contributed by atoms with Gasteiger partial charge >= 0.3 is 12.0 Å². The van der Waals surface area contributed by atoms with Gasteiger partial charge in [0.1, 0.15) is 0 Å². The quantitative estimate of drug-likeness (QED) is 0.509. The van der Waals surface area contributed by atoms with Crippen LogP contribution < -0.4 is 16.0 Å². The summed E-state index contributed by atoms with van der Waals surface area (Å²) in [6, 6.07) is -0.231. The first-order valence-corrected chi connectivity index (χ1v) is 11.7. The lowest BCUT2D eigenvalue weighted by Crippen LogP contribution is -2.36. The number of amides is 3. The zero-order chi connectivity index (χ0) is 22.4. The van der Waals surface area contributed by atoms with Gasteiger partial charge in [0.25, 0.3) is 0 Å². The number of anilines is 2. The summed E-state index contributed by atoms with van der Waals surface area (Å²) in [5.74, 6) is -0.505. The van der Waals surface area contributed by atoms with Crippen molar-refractivity contribution in [2.24, 2.45) is 0 Å². The van der Waals surface area contributed by atoms with Gasteiger partial charge in [-0.2, -0.15) is 0 Å². The van der Waals surface area contributed by atoms with Gasteiger partial charge in [-0.05, 0) is 20.8 Å². The van der Waals surface area contributed by atoms with E-state index >= 15 is 0 Å². The van der Waals surface area contributed by atoms with E-state index in [9.17, 15) is 14.4 Å². The van der Waals surface area contributed by atoms with E-state index in [1.165, 1.54) is 22.7 Å². The molecule has 10 nitrogen and oxygen atoms in total. The number of ether oxygens (including phenoxy) is 1. The summed E-state index contributed by atoms with van der Waals surface area (Å²) >= 11 is 2.71. The van der Waals surface area contributed by atoms with Crippen molar-refractivity contribution in [1.82, 2.24) is 20.2 Å². The van der Waals surface area contributed by atoms with Gasteiger partial charge in [0.2, 0.25) is 5.91 Å². The first-order chi connectivity index (χ1) is 14.8. The molecule has 0 aromatic carbocycles. The second kappa shape index (κ2) is 10.6. The summed E-state index contributed by atoms with van der Waals surface area (Å²) in [6.07, 6.45) is 0.805. The molecular formula is C19H26N6O4S2. The smallest absolute Gasteiger partial charge is 0.321 e. The lowest BCUT2D eigenvalue weighted by atomic mass is 10.2. The zero-order valence-corrected chi connectivity index (χ0v) is 19.3. The van der Waals surface area contributed by atoms with Crippen molar-refractivity contribution in [3.63, 3.8) is 0 Å². The van der Waals surface area contributed by atoms with E-state index in [4.69, 9.17) is 4.74 Å². The maximum atomic E-state index is 12.4. The molecule has 0 spiro atoms. The van der Waals surface area contributed by atoms with Crippen LogP contribution in [0.3, 0.4) is 0 Å². The number of carbonyl (C=O) groups is 3. The van der Waals surface area contributed by atoms with Crippen LogP contribution in [0.2, 0.25) is 0 Å². The highest BCUT2D eigenvalue weighted by Gasteiger charge is 2.23. The largest absolute Gasteiger partial charge is 0.466 e. The number of hydrogen-bond donors (Lipinski definition) is 3. The molecule has 0 atom stereocenters.